The Morgan fingerprint density at radius 2 is 1.96 bits per heavy atom. The van der Waals surface area contributed by atoms with Crippen molar-refractivity contribution in [2.45, 2.75) is 0 Å². The van der Waals surface area contributed by atoms with Crippen LogP contribution in [-0.4, -0.2) is 21.2 Å². The van der Waals surface area contributed by atoms with Gasteiger partial charge in [-0.25, -0.2) is 9.78 Å². The first kappa shape index (κ1) is 14.0. The van der Waals surface area contributed by atoms with Gasteiger partial charge >= 0.3 is 6.09 Å². The van der Waals surface area contributed by atoms with Crippen molar-refractivity contribution < 1.29 is 14.1 Å². The maximum atomic E-state index is 11.0. The van der Waals surface area contributed by atoms with E-state index in [1.54, 1.807) is 18.2 Å². The summed E-state index contributed by atoms with van der Waals surface area (Å²) in [6.45, 7) is 0. The zero-order valence-electron chi connectivity index (χ0n) is 12.4. The van der Waals surface area contributed by atoms with Crippen LogP contribution >= 0.6 is 0 Å². The summed E-state index contributed by atoms with van der Waals surface area (Å²) >= 11 is 0. The maximum absolute atomic E-state index is 11.0. The predicted molar refractivity (Wildman–Crippen MR) is 87.2 cm³/mol. The van der Waals surface area contributed by atoms with E-state index in [0.717, 1.165) is 5.56 Å². The van der Waals surface area contributed by atoms with Crippen molar-refractivity contribution in [1.29, 1.82) is 0 Å². The minimum absolute atomic E-state index is 0.283. The van der Waals surface area contributed by atoms with Crippen molar-refractivity contribution in [3.8, 4) is 28.6 Å². The number of imidazole rings is 1. The van der Waals surface area contributed by atoms with Gasteiger partial charge in [0, 0.05) is 11.6 Å². The number of carbonyl (C=O) groups is 1. The number of amides is 1. The first-order valence-electron chi connectivity index (χ1n) is 7.19. The Morgan fingerprint density at radius 1 is 1.12 bits per heavy atom. The number of fused-ring (bicyclic) bond motifs is 1. The molecule has 2 aromatic carbocycles. The van der Waals surface area contributed by atoms with Crippen molar-refractivity contribution in [2.24, 2.45) is 5.73 Å². The number of benzene rings is 2. The van der Waals surface area contributed by atoms with Crippen LogP contribution in [0.4, 0.5) is 4.79 Å². The minimum Gasteiger partial charge on any atom is -0.408 e. The molecule has 4 aromatic rings. The third-order valence-corrected chi connectivity index (χ3v) is 3.50. The second kappa shape index (κ2) is 5.54. The van der Waals surface area contributed by atoms with Gasteiger partial charge in [-0.05, 0) is 12.1 Å². The number of hydrogen-bond donors (Lipinski definition) is 2. The van der Waals surface area contributed by atoms with Gasteiger partial charge in [-0.1, -0.05) is 41.6 Å². The second-order valence-corrected chi connectivity index (χ2v) is 5.10. The Hall–Kier alpha value is -3.61. The topological polar surface area (TPSA) is 107 Å². The van der Waals surface area contributed by atoms with Crippen LogP contribution in [-0.2, 0) is 0 Å². The quantitative estimate of drug-likeness (QED) is 0.602. The summed E-state index contributed by atoms with van der Waals surface area (Å²) in [5.41, 5.74) is 7.91. The van der Waals surface area contributed by atoms with Crippen LogP contribution in [0.3, 0.4) is 0 Å². The molecule has 0 fully saturated rings. The number of primary amides is 1. The van der Waals surface area contributed by atoms with Crippen molar-refractivity contribution >= 4 is 17.1 Å². The molecule has 0 saturated heterocycles. The monoisotopic (exact) mass is 320 g/mol. The van der Waals surface area contributed by atoms with Crippen LogP contribution in [0.15, 0.2) is 59.1 Å². The molecule has 3 N–H and O–H groups in total. The van der Waals surface area contributed by atoms with E-state index in [1.807, 2.05) is 36.4 Å². The summed E-state index contributed by atoms with van der Waals surface area (Å²) in [7, 11) is 0. The van der Waals surface area contributed by atoms with Crippen molar-refractivity contribution in [3.05, 3.63) is 54.6 Å². The van der Waals surface area contributed by atoms with Crippen LogP contribution in [0.25, 0.3) is 33.9 Å². The largest absolute Gasteiger partial charge is 0.410 e. The Kier molecular flexibility index (Phi) is 3.24. The van der Waals surface area contributed by atoms with E-state index < -0.39 is 6.09 Å². The molecule has 2 heterocycles. The van der Waals surface area contributed by atoms with E-state index in [2.05, 4.69) is 15.1 Å². The smallest absolute Gasteiger partial charge is 0.408 e. The van der Waals surface area contributed by atoms with E-state index >= 15 is 0 Å². The van der Waals surface area contributed by atoms with Gasteiger partial charge in [0.2, 0.25) is 5.76 Å². The van der Waals surface area contributed by atoms with Gasteiger partial charge in [-0.3, -0.25) is 0 Å². The Balaban J connectivity index is 1.75. The fraction of sp³-hybridized carbons (Fsp3) is 0. The Labute approximate surface area is 136 Å². The van der Waals surface area contributed by atoms with Crippen LogP contribution in [0.5, 0.6) is 5.75 Å². The lowest BCUT2D eigenvalue weighted by molar-refractivity contribution is 0.211. The SMILES string of the molecule is NC(=O)Oc1cccc2[nH]c(-c3cc(-c4ccccc4)no3)nc12. The number of hydrogen-bond acceptors (Lipinski definition) is 5. The van der Waals surface area contributed by atoms with E-state index in [-0.39, 0.29) is 5.75 Å². The number of aromatic amines is 1. The van der Waals surface area contributed by atoms with Gasteiger partial charge in [-0.2, -0.15) is 0 Å². The average Bonchev–Trinajstić information content (AvgIpc) is 3.22. The summed E-state index contributed by atoms with van der Waals surface area (Å²) in [6.07, 6.45) is -0.891. The van der Waals surface area contributed by atoms with Crippen LogP contribution < -0.4 is 10.5 Å². The zero-order chi connectivity index (χ0) is 16.5. The molecule has 0 saturated carbocycles. The van der Waals surface area contributed by atoms with E-state index in [0.29, 0.717) is 28.3 Å². The summed E-state index contributed by atoms with van der Waals surface area (Å²) < 4.78 is 10.3. The fourth-order valence-electron chi connectivity index (χ4n) is 2.45. The molecule has 24 heavy (non-hydrogen) atoms. The van der Waals surface area contributed by atoms with Crippen LogP contribution in [0.1, 0.15) is 0 Å². The lowest BCUT2D eigenvalue weighted by Crippen LogP contribution is -2.16. The third kappa shape index (κ3) is 2.48. The number of rotatable bonds is 3. The highest BCUT2D eigenvalue weighted by atomic mass is 16.5. The first-order chi connectivity index (χ1) is 11.7. The highest BCUT2D eigenvalue weighted by molar-refractivity contribution is 5.86. The Morgan fingerprint density at radius 3 is 2.75 bits per heavy atom. The number of carbonyl (C=O) groups excluding carboxylic acids is 1. The van der Waals surface area contributed by atoms with E-state index in [1.165, 1.54) is 0 Å². The third-order valence-electron chi connectivity index (χ3n) is 3.50. The molecule has 4 rings (SSSR count). The Bertz CT molecular complexity index is 1020. The zero-order valence-corrected chi connectivity index (χ0v) is 12.4. The summed E-state index contributed by atoms with van der Waals surface area (Å²) in [5.74, 6) is 1.25. The minimum atomic E-state index is -0.891. The highest BCUT2D eigenvalue weighted by Gasteiger charge is 2.15. The number of nitrogens with two attached hydrogens (primary N) is 1. The number of H-pyrrole nitrogens is 1. The molecule has 2 aromatic heterocycles. The van der Waals surface area contributed by atoms with Crippen LogP contribution in [0.2, 0.25) is 0 Å². The van der Waals surface area contributed by atoms with E-state index in [4.69, 9.17) is 15.0 Å². The van der Waals surface area contributed by atoms with Crippen molar-refractivity contribution in [3.63, 3.8) is 0 Å². The summed E-state index contributed by atoms with van der Waals surface area (Å²) in [4.78, 5) is 18.5. The van der Waals surface area contributed by atoms with E-state index in [9.17, 15) is 4.79 Å². The number of para-hydroxylation sites is 1. The molecule has 0 bridgehead atoms. The molecule has 0 aliphatic heterocycles. The molecule has 0 atom stereocenters. The molecule has 1 amide bonds. The molecule has 7 nitrogen and oxygen atoms in total. The molecule has 118 valence electrons. The molecule has 0 aliphatic rings. The number of nitrogens with zero attached hydrogens (tertiary/aromatic N) is 2. The average molecular weight is 320 g/mol. The summed E-state index contributed by atoms with van der Waals surface area (Å²) in [6, 6.07) is 16.6. The normalized spacial score (nSPS) is 10.8. The van der Waals surface area contributed by atoms with Gasteiger partial charge in [0.25, 0.3) is 0 Å². The molecular formula is C17H12N4O3. The first-order valence-corrected chi connectivity index (χ1v) is 7.19. The summed E-state index contributed by atoms with van der Waals surface area (Å²) in [5, 5.41) is 4.06. The predicted octanol–water partition coefficient (Wildman–Crippen LogP) is 3.34. The van der Waals surface area contributed by atoms with Crippen molar-refractivity contribution in [1.82, 2.24) is 15.1 Å². The standard InChI is InChI=1S/C17H12N4O3/c18-17(22)23-13-8-4-7-11-15(13)20-16(19-11)14-9-12(21-24-14)10-5-2-1-3-6-10/h1-9H,(H2,18,22)(H,19,20). The van der Waals surface area contributed by atoms with Gasteiger partial charge in [-0.15, -0.1) is 0 Å². The lowest BCUT2D eigenvalue weighted by Gasteiger charge is -1.99. The van der Waals surface area contributed by atoms with Gasteiger partial charge < -0.3 is 20.0 Å². The number of ether oxygens (including phenoxy) is 1. The van der Waals surface area contributed by atoms with Crippen molar-refractivity contribution in [2.75, 3.05) is 0 Å². The fourth-order valence-corrected chi connectivity index (χ4v) is 2.45. The lowest BCUT2D eigenvalue weighted by atomic mass is 10.1. The molecule has 0 unspecified atom stereocenters. The number of nitrogens with one attached hydrogen (secondary N) is 1. The molecule has 7 heteroatoms. The number of aromatic nitrogens is 3. The second-order valence-electron chi connectivity index (χ2n) is 5.10. The molecule has 0 spiro atoms. The van der Waals surface area contributed by atoms with Gasteiger partial charge in [0.15, 0.2) is 11.6 Å². The molecular weight excluding hydrogens is 308 g/mol. The molecule has 0 aliphatic carbocycles. The molecule has 0 radical (unpaired) electrons. The van der Waals surface area contributed by atoms with Crippen LogP contribution in [0, 0.1) is 0 Å². The highest BCUT2D eigenvalue weighted by Crippen LogP contribution is 2.29. The maximum Gasteiger partial charge on any atom is 0.410 e. The van der Waals surface area contributed by atoms with Gasteiger partial charge in [0.05, 0.1) is 5.52 Å². The van der Waals surface area contributed by atoms with Gasteiger partial charge in [0.1, 0.15) is 11.2 Å².